The topological polar surface area (TPSA) is 43.7 Å². The van der Waals surface area contributed by atoms with Crippen LogP contribution in [0.25, 0.3) is 0 Å². The van der Waals surface area contributed by atoms with Crippen molar-refractivity contribution >= 4 is 12.4 Å². The Morgan fingerprint density at radius 2 is 2.00 bits per heavy atom. The molecule has 2 bridgehead atoms. The Kier molecular flexibility index (Phi) is 5.05. The van der Waals surface area contributed by atoms with E-state index >= 15 is 0 Å². The lowest BCUT2D eigenvalue weighted by Gasteiger charge is -2.45. The van der Waals surface area contributed by atoms with Crippen molar-refractivity contribution in [2.45, 2.75) is 31.3 Å². The molecule has 2 N–H and O–H groups in total. The standard InChI is InChI=1S/C17H24FNO2.ClH/c1-19(2)10-16-12-4-3-11(5-12)9-17(16,21)13-6-14(18)8-15(20)7-13;/h6-8,11-12,16,20-21H,3-5,9-10H2,1-2H3;1H. The summed E-state index contributed by atoms with van der Waals surface area (Å²) >= 11 is 0. The van der Waals surface area contributed by atoms with Gasteiger partial charge in [-0.05, 0) is 62.9 Å². The second kappa shape index (κ2) is 6.34. The Morgan fingerprint density at radius 3 is 2.64 bits per heavy atom. The average Bonchev–Trinajstić information content (AvgIpc) is 2.77. The van der Waals surface area contributed by atoms with Crippen molar-refractivity contribution in [3.63, 3.8) is 0 Å². The van der Waals surface area contributed by atoms with Gasteiger partial charge in [-0.15, -0.1) is 12.4 Å². The molecular weight excluding hydrogens is 305 g/mol. The molecular formula is C17H25ClFNO2. The van der Waals surface area contributed by atoms with Crippen LogP contribution < -0.4 is 0 Å². The smallest absolute Gasteiger partial charge is 0.127 e. The third-order valence-electron chi connectivity index (χ3n) is 5.31. The van der Waals surface area contributed by atoms with Crippen LogP contribution in [0.15, 0.2) is 18.2 Å². The zero-order valence-electron chi connectivity index (χ0n) is 13.1. The van der Waals surface area contributed by atoms with Crippen LogP contribution in [-0.4, -0.2) is 35.8 Å². The second-order valence-electron chi connectivity index (χ2n) is 7.13. The van der Waals surface area contributed by atoms with Gasteiger partial charge in [0.1, 0.15) is 11.6 Å². The van der Waals surface area contributed by atoms with E-state index in [0.29, 0.717) is 23.8 Å². The Bertz CT molecular complexity index is 519. The van der Waals surface area contributed by atoms with E-state index in [0.717, 1.165) is 25.5 Å². The van der Waals surface area contributed by atoms with Gasteiger partial charge in [0.15, 0.2) is 0 Å². The maximum absolute atomic E-state index is 13.7. The van der Waals surface area contributed by atoms with Crippen LogP contribution in [0, 0.1) is 23.6 Å². The van der Waals surface area contributed by atoms with Gasteiger partial charge in [0.25, 0.3) is 0 Å². The zero-order chi connectivity index (χ0) is 15.2. The first-order valence-corrected chi connectivity index (χ1v) is 7.75. The predicted octanol–water partition coefficient (Wildman–Crippen LogP) is 3.14. The molecule has 0 spiro atoms. The molecule has 0 heterocycles. The van der Waals surface area contributed by atoms with Gasteiger partial charge in [0.05, 0.1) is 5.60 Å². The van der Waals surface area contributed by atoms with Gasteiger partial charge in [0.2, 0.25) is 0 Å². The van der Waals surface area contributed by atoms with E-state index in [2.05, 4.69) is 4.90 Å². The van der Waals surface area contributed by atoms with Gasteiger partial charge in [-0.1, -0.05) is 6.42 Å². The third-order valence-corrected chi connectivity index (χ3v) is 5.31. The van der Waals surface area contributed by atoms with Crippen molar-refractivity contribution in [1.29, 1.82) is 0 Å². The third kappa shape index (κ3) is 3.10. The number of halogens is 2. The van der Waals surface area contributed by atoms with E-state index < -0.39 is 11.4 Å². The van der Waals surface area contributed by atoms with Gasteiger partial charge >= 0.3 is 0 Å². The normalized spacial score (nSPS) is 33.8. The molecule has 2 fully saturated rings. The quantitative estimate of drug-likeness (QED) is 0.895. The molecule has 0 aliphatic heterocycles. The van der Waals surface area contributed by atoms with Crippen molar-refractivity contribution in [2.24, 2.45) is 17.8 Å². The summed E-state index contributed by atoms with van der Waals surface area (Å²) in [5.41, 5.74) is -0.503. The van der Waals surface area contributed by atoms with Crippen molar-refractivity contribution in [3.8, 4) is 5.75 Å². The van der Waals surface area contributed by atoms with E-state index in [9.17, 15) is 14.6 Å². The van der Waals surface area contributed by atoms with E-state index in [1.165, 1.54) is 18.6 Å². The molecule has 1 aromatic carbocycles. The second-order valence-corrected chi connectivity index (χ2v) is 7.13. The first-order valence-electron chi connectivity index (χ1n) is 7.75. The van der Waals surface area contributed by atoms with Crippen LogP contribution in [0.3, 0.4) is 0 Å². The summed E-state index contributed by atoms with van der Waals surface area (Å²) in [5.74, 6) is 0.498. The highest BCUT2D eigenvalue weighted by Crippen LogP contribution is 2.54. The predicted molar refractivity (Wildman–Crippen MR) is 86.7 cm³/mol. The fourth-order valence-electron chi connectivity index (χ4n) is 4.50. The van der Waals surface area contributed by atoms with Crippen LogP contribution in [0.4, 0.5) is 4.39 Å². The first kappa shape index (κ1) is 17.5. The van der Waals surface area contributed by atoms with Gasteiger partial charge in [-0.2, -0.15) is 0 Å². The molecule has 4 unspecified atom stereocenters. The number of hydrogen-bond donors (Lipinski definition) is 2. The van der Waals surface area contributed by atoms with Crippen molar-refractivity contribution in [1.82, 2.24) is 4.90 Å². The number of benzene rings is 1. The minimum atomic E-state index is -1.03. The SMILES string of the molecule is CN(C)CC1C2CCC(C2)CC1(O)c1cc(O)cc(F)c1.Cl. The van der Waals surface area contributed by atoms with Crippen LogP contribution in [0.2, 0.25) is 0 Å². The van der Waals surface area contributed by atoms with Crippen molar-refractivity contribution in [2.75, 3.05) is 20.6 Å². The fourth-order valence-corrected chi connectivity index (χ4v) is 4.50. The van der Waals surface area contributed by atoms with Crippen LogP contribution >= 0.6 is 12.4 Å². The molecule has 0 radical (unpaired) electrons. The van der Waals surface area contributed by atoms with Gasteiger partial charge in [-0.25, -0.2) is 4.39 Å². The Balaban J connectivity index is 0.00000176. The van der Waals surface area contributed by atoms with E-state index in [1.807, 2.05) is 14.1 Å². The minimum Gasteiger partial charge on any atom is -0.508 e. The molecule has 2 saturated carbocycles. The van der Waals surface area contributed by atoms with Crippen LogP contribution in [0.5, 0.6) is 5.75 Å². The lowest BCUT2D eigenvalue weighted by Crippen LogP contribution is -2.47. The molecule has 5 heteroatoms. The van der Waals surface area contributed by atoms with Gasteiger partial charge < -0.3 is 15.1 Å². The number of hydrogen-bond acceptors (Lipinski definition) is 3. The summed E-state index contributed by atoms with van der Waals surface area (Å²) in [4.78, 5) is 2.09. The lowest BCUT2D eigenvalue weighted by molar-refractivity contribution is -0.0893. The summed E-state index contributed by atoms with van der Waals surface area (Å²) in [7, 11) is 4.01. The number of aromatic hydroxyl groups is 1. The number of rotatable bonds is 3. The highest BCUT2D eigenvalue weighted by atomic mass is 35.5. The Morgan fingerprint density at radius 1 is 1.27 bits per heavy atom. The average molecular weight is 330 g/mol. The lowest BCUT2D eigenvalue weighted by atomic mass is 9.66. The molecule has 2 aliphatic carbocycles. The summed E-state index contributed by atoms with van der Waals surface area (Å²) in [5, 5.41) is 21.1. The summed E-state index contributed by atoms with van der Waals surface area (Å²) < 4.78 is 13.7. The molecule has 2 aliphatic rings. The largest absolute Gasteiger partial charge is 0.508 e. The highest BCUT2D eigenvalue weighted by Gasteiger charge is 2.51. The number of nitrogens with zero attached hydrogens (tertiary/aromatic N) is 1. The molecule has 0 saturated heterocycles. The highest BCUT2D eigenvalue weighted by molar-refractivity contribution is 5.85. The maximum Gasteiger partial charge on any atom is 0.127 e. The summed E-state index contributed by atoms with van der Waals surface area (Å²) in [6, 6.07) is 3.99. The molecule has 4 atom stereocenters. The van der Waals surface area contributed by atoms with E-state index in [1.54, 1.807) is 0 Å². The van der Waals surface area contributed by atoms with E-state index in [4.69, 9.17) is 0 Å². The van der Waals surface area contributed by atoms with Crippen molar-refractivity contribution in [3.05, 3.63) is 29.6 Å². The first-order chi connectivity index (χ1) is 9.88. The van der Waals surface area contributed by atoms with Crippen LogP contribution in [0.1, 0.15) is 31.2 Å². The number of phenols is 1. The molecule has 1 aromatic rings. The minimum absolute atomic E-state index is 0. The molecule has 0 amide bonds. The molecule has 3 rings (SSSR count). The van der Waals surface area contributed by atoms with Crippen LogP contribution in [-0.2, 0) is 5.60 Å². The number of aliphatic hydroxyl groups is 1. The Labute approximate surface area is 137 Å². The fraction of sp³-hybridized carbons (Fsp3) is 0.647. The number of fused-ring (bicyclic) bond motifs is 2. The molecule has 3 nitrogen and oxygen atoms in total. The molecule has 124 valence electrons. The van der Waals surface area contributed by atoms with Gasteiger partial charge in [0, 0.05) is 18.5 Å². The maximum atomic E-state index is 13.7. The number of phenolic OH excluding ortho intramolecular Hbond substituents is 1. The monoisotopic (exact) mass is 329 g/mol. The molecule has 0 aromatic heterocycles. The van der Waals surface area contributed by atoms with E-state index in [-0.39, 0.29) is 24.1 Å². The summed E-state index contributed by atoms with van der Waals surface area (Å²) in [6.07, 6.45) is 4.14. The molecule has 22 heavy (non-hydrogen) atoms. The zero-order valence-corrected chi connectivity index (χ0v) is 13.9. The van der Waals surface area contributed by atoms with Crippen molar-refractivity contribution < 1.29 is 14.6 Å². The van der Waals surface area contributed by atoms with Gasteiger partial charge in [-0.3, -0.25) is 0 Å². The Hall–Kier alpha value is -0.840. The summed E-state index contributed by atoms with van der Waals surface area (Å²) in [6.45, 7) is 0.783.